The largest absolute Gasteiger partial charge is 0.443 e. The van der Waals surface area contributed by atoms with Gasteiger partial charge in [0.25, 0.3) is 0 Å². The molecule has 1 aliphatic rings. The lowest BCUT2D eigenvalue weighted by Crippen LogP contribution is -2.49. The predicted octanol–water partition coefficient (Wildman–Crippen LogP) is 4.19. The van der Waals surface area contributed by atoms with Crippen molar-refractivity contribution in [2.45, 2.75) is 12.0 Å². The number of benzene rings is 2. The number of alkyl halides is 2. The number of ether oxygens (including phenoxy) is 1. The van der Waals surface area contributed by atoms with Crippen molar-refractivity contribution < 1.29 is 18.3 Å². The fourth-order valence-corrected chi connectivity index (χ4v) is 2.37. The lowest BCUT2D eigenvalue weighted by Gasteiger charge is -2.32. The zero-order valence-electron chi connectivity index (χ0n) is 11.5. The van der Waals surface area contributed by atoms with E-state index in [2.05, 4.69) is 10.1 Å². The van der Waals surface area contributed by atoms with Gasteiger partial charge in [-0.1, -0.05) is 48.5 Å². The third-order valence-electron chi connectivity index (χ3n) is 3.41. The van der Waals surface area contributed by atoms with Gasteiger partial charge >= 0.3 is 12.0 Å². The zero-order valence-corrected chi connectivity index (χ0v) is 12.3. The Kier molecular flexibility index (Phi) is 4.66. The summed E-state index contributed by atoms with van der Waals surface area (Å²) < 4.78 is 32.2. The molecule has 1 atom stereocenters. The molecule has 0 bridgehead atoms. The van der Waals surface area contributed by atoms with E-state index in [4.69, 9.17) is 0 Å². The molecule has 0 aliphatic carbocycles. The van der Waals surface area contributed by atoms with Gasteiger partial charge in [0.15, 0.2) is 6.61 Å². The molecule has 2 aromatic rings. The van der Waals surface area contributed by atoms with E-state index in [1.165, 1.54) is 0 Å². The van der Waals surface area contributed by atoms with Crippen molar-refractivity contribution in [2.24, 2.45) is 0 Å². The minimum atomic E-state index is -3.14. The Hall–Kier alpha value is -2.14. The maximum absolute atomic E-state index is 13.9. The van der Waals surface area contributed by atoms with Gasteiger partial charge in [0, 0.05) is 0 Å². The summed E-state index contributed by atoms with van der Waals surface area (Å²) in [5, 5.41) is 2.19. The number of carbonyl (C=O) groups excluding carboxylic acids is 1. The van der Waals surface area contributed by atoms with Crippen LogP contribution >= 0.6 is 12.4 Å². The minimum Gasteiger partial charge on any atom is -0.443 e. The standard InChI is InChI=1S/C16H13F2NO2.ClH/c17-16(18)10-21-15(20)19-14(16)13-8-4-7-12(9-13)11-5-2-1-3-6-11;/h1-9,14H,10H2,(H,19,20);1H/t14-;/m1./s1. The number of alkyl carbamates (subject to hydrolysis) is 1. The lowest BCUT2D eigenvalue weighted by molar-refractivity contribution is -0.104. The summed E-state index contributed by atoms with van der Waals surface area (Å²) in [5.74, 6) is -3.14. The maximum Gasteiger partial charge on any atom is 0.408 e. The van der Waals surface area contributed by atoms with Crippen LogP contribution in [0.2, 0.25) is 0 Å². The molecule has 0 saturated carbocycles. The number of rotatable bonds is 2. The minimum absolute atomic E-state index is 0. The molecule has 3 rings (SSSR count). The van der Waals surface area contributed by atoms with Gasteiger partial charge in [0.2, 0.25) is 0 Å². The molecule has 116 valence electrons. The second-order valence-electron chi connectivity index (χ2n) is 4.91. The Morgan fingerprint density at radius 1 is 1.05 bits per heavy atom. The Bertz CT molecular complexity index is 664. The molecule has 0 unspecified atom stereocenters. The molecule has 0 spiro atoms. The van der Waals surface area contributed by atoms with Gasteiger partial charge in [0.1, 0.15) is 6.04 Å². The van der Waals surface area contributed by atoms with Crippen molar-refractivity contribution in [3.05, 3.63) is 60.2 Å². The molecule has 1 fully saturated rings. The van der Waals surface area contributed by atoms with Crippen molar-refractivity contribution in [1.82, 2.24) is 5.32 Å². The maximum atomic E-state index is 13.9. The first-order valence-electron chi connectivity index (χ1n) is 6.53. The Labute approximate surface area is 132 Å². The van der Waals surface area contributed by atoms with Gasteiger partial charge < -0.3 is 10.1 Å². The lowest BCUT2D eigenvalue weighted by atomic mass is 9.96. The van der Waals surface area contributed by atoms with E-state index in [0.717, 1.165) is 11.1 Å². The first kappa shape index (κ1) is 16.2. The second kappa shape index (κ2) is 6.32. The average molecular weight is 326 g/mol. The Balaban J connectivity index is 0.00000176. The number of cyclic esters (lactones) is 1. The Morgan fingerprint density at radius 3 is 2.45 bits per heavy atom. The van der Waals surface area contributed by atoms with E-state index in [9.17, 15) is 13.6 Å². The highest BCUT2D eigenvalue weighted by Crippen LogP contribution is 2.35. The van der Waals surface area contributed by atoms with Crippen LogP contribution in [0.25, 0.3) is 11.1 Å². The van der Waals surface area contributed by atoms with Crippen molar-refractivity contribution in [2.75, 3.05) is 6.61 Å². The number of hydrogen-bond acceptors (Lipinski definition) is 2. The monoisotopic (exact) mass is 325 g/mol. The van der Waals surface area contributed by atoms with Crippen LogP contribution in [0.15, 0.2) is 54.6 Å². The van der Waals surface area contributed by atoms with Crippen LogP contribution in [-0.2, 0) is 4.74 Å². The SMILES string of the molecule is Cl.O=C1N[C@H](c2cccc(-c3ccccc3)c2)C(F)(F)CO1. The quantitative estimate of drug-likeness (QED) is 0.899. The third kappa shape index (κ3) is 3.20. The van der Waals surface area contributed by atoms with Gasteiger partial charge in [-0.15, -0.1) is 12.4 Å². The zero-order chi connectivity index (χ0) is 14.9. The smallest absolute Gasteiger partial charge is 0.408 e. The molecule has 22 heavy (non-hydrogen) atoms. The second-order valence-corrected chi connectivity index (χ2v) is 4.91. The normalized spacial score (nSPS) is 19.5. The highest BCUT2D eigenvalue weighted by molar-refractivity contribution is 5.85. The highest BCUT2D eigenvalue weighted by Gasteiger charge is 2.46. The molecule has 0 radical (unpaired) electrons. The number of nitrogens with one attached hydrogen (secondary N) is 1. The summed E-state index contributed by atoms with van der Waals surface area (Å²) >= 11 is 0. The van der Waals surface area contributed by atoms with E-state index in [0.29, 0.717) is 5.56 Å². The summed E-state index contributed by atoms with van der Waals surface area (Å²) in [6.07, 6.45) is -0.823. The van der Waals surface area contributed by atoms with Crippen LogP contribution in [0.1, 0.15) is 11.6 Å². The highest BCUT2D eigenvalue weighted by atomic mass is 35.5. The van der Waals surface area contributed by atoms with Crippen molar-refractivity contribution in [3.63, 3.8) is 0 Å². The predicted molar refractivity (Wildman–Crippen MR) is 81.3 cm³/mol. The van der Waals surface area contributed by atoms with Crippen LogP contribution in [0.5, 0.6) is 0 Å². The van der Waals surface area contributed by atoms with Gasteiger partial charge in [-0.25, -0.2) is 13.6 Å². The molecular weight excluding hydrogens is 312 g/mol. The fraction of sp³-hybridized carbons (Fsp3) is 0.188. The molecule has 1 amide bonds. The van der Waals surface area contributed by atoms with Crippen LogP contribution in [0.4, 0.5) is 13.6 Å². The summed E-state index contributed by atoms with van der Waals surface area (Å²) in [7, 11) is 0. The van der Waals surface area contributed by atoms with Crippen LogP contribution < -0.4 is 5.32 Å². The van der Waals surface area contributed by atoms with E-state index in [1.807, 2.05) is 36.4 Å². The first-order chi connectivity index (χ1) is 10.1. The van der Waals surface area contributed by atoms with Gasteiger partial charge in [-0.05, 0) is 22.8 Å². The molecule has 0 aromatic heterocycles. The molecule has 2 aromatic carbocycles. The molecule has 3 nitrogen and oxygen atoms in total. The Morgan fingerprint density at radius 2 is 1.73 bits per heavy atom. The summed E-state index contributed by atoms with van der Waals surface area (Å²) in [6.45, 7) is -0.904. The number of amides is 1. The van der Waals surface area contributed by atoms with Crippen LogP contribution in [0, 0.1) is 0 Å². The number of halogens is 3. The van der Waals surface area contributed by atoms with Crippen LogP contribution in [-0.4, -0.2) is 18.6 Å². The molecule has 1 saturated heterocycles. The van der Waals surface area contributed by atoms with E-state index >= 15 is 0 Å². The third-order valence-corrected chi connectivity index (χ3v) is 3.41. The van der Waals surface area contributed by atoms with Crippen LogP contribution in [0.3, 0.4) is 0 Å². The van der Waals surface area contributed by atoms with E-state index < -0.39 is 24.7 Å². The van der Waals surface area contributed by atoms with Crippen molar-refractivity contribution >= 4 is 18.5 Å². The number of hydrogen-bond donors (Lipinski definition) is 1. The topological polar surface area (TPSA) is 38.3 Å². The fourth-order valence-electron chi connectivity index (χ4n) is 2.37. The molecule has 1 aliphatic heterocycles. The average Bonchev–Trinajstić information content (AvgIpc) is 2.51. The van der Waals surface area contributed by atoms with E-state index in [1.54, 1.807) is 18.2 Å². The summed E-state index contributed by atoms with van der Waals surface area (Å²) in [4.78, 5) is 11.2. The molecule has 1 N–H and O–H groups in total. The van der Waals surface area contributed by atoms with Crippen molar-refractivity contribution in [3.8, 4) is 11.1 Å². The van der Waals surface area contributed by atoms with Gasteiger partial charge in [0.05, 0.1) is 0 Å². The van der Waals surface area contributed by atoms with Crippen molar-refractivity contribution in [1.29, 1.82) is 0 Å². The molecular formula is C16H14ClF2NO2. The van der Waals surface area contributed by atoms with Gasteiger partial charge in [-0.2, -0.15) is 0 Å². The first-order valence-corrected chi connectivity index (χ1v) is 6.53. The summed E-state index contributed by atoms with van der Waals surface area (Å²) in [6, 6.07) is 14.9. The molecule has 1 heterocycles. The summed E-state index contributed by atoms with van der Waals surface area (Å²) in [5.41, 5.74) is 2.11. The number of carbonyl (C=O) groups is 1. The van der Waals surface area contributed by atoms with Gasteiger partial charge in [-0.3, -0.25) is 0 Å². The van der Waals surface area contributed by atoms with E-state index in [-0.39, 0.29) is 12.4 Å². The molecule has 6 heteroatoms.